The fourth-order valence-corrected chi connectivity index (χ4v) is 7.12. The van der Waals surface area contributed by atoms with Gasteiger partial charge in [0, 0.05) is 38.5 Å². The van der Waals surface area contributed by atoms with Crippen molar-refractivity contribution in [3.05, 3.63) is 0 Å². The molecule has 0 aromatic heterocycles. The predicted octanol–water partition coefficient (Wildman–Crippen LogP) is 13.7. The van der Waals surface area contributed by atoms with Gasteiger partial charge in [0.05, 0.1) is 25.7 Å². The maximum Gasteiger partial charge on any atom is 0.308 e. The lowest BCUT2D eigenvalue weighted by Crippen LogP contribution is -2.19. The molecule has 0 aliphatic heterocycles. The summed E-state index contributed by atoms with van der Waals surface area (Å²) in [4.78, 5) is 37.3. The lowest BCUT2D eigenvalue weighted by molar-refractivity contribution is -0.775. The molecule has 1 N–H and O–H groups in total. The van der Waals surface area contributed by atoms with Crippen LogP contribution < -0.4 is 0 Å². The zero-order valence-corrected chi connectivity index (χ0v) is 37.7. The molecule has 0 spiro atoms. The third-order valence-electron chi connectivity index (χ3n) is 11.1. The van der Waals surface area contributed by atoms with Crippen LogP contribution in [0.3, 0.4) is 0 Å². The Kier molecular flexibility index (Phi) is 39.5. The first-order chi connectivity index (χ1) is 27.2. The van der Waals surface area contributed by atoms with Gasteiger partial charge >= 0.3 is 17.9 Å². The summed E-state index contributed by atoms with van der Waals surface area (Å²) in [6, 6.07) is 0. The standard InChI is InChI=1S/C48H92NO7/c1-6-9-12-15-18-20-27-34-44(5)49(53)39-32-25-24-31-38-47(51)56-42-43(4)41-55-46(50)37-30-23-19-26-33-40-54-48(52)45(35-28-21-16-13-10-7-2)36-29-22-17-14-11-8-3/h43,45,53H,6-42H2,1-5H3/q+1/b49-44-. The first-order valence-electron chi connectivity index (χ1n) is 24.0. The number of esters is 3. The maximum absolute atomic E-state index is 12.9. The van der Waals surface area contributed by atoms with Crippen molar-refractivity contribution in [1.82, 2.24) is 0 Å². The molecule has 0 aromatic carbocycles. The van der Waals surface area contributed by atoms with Crippen molar-refractivity contribution in [2.75, 3.05) is 26.4 Å². The van der Waals surface area contributed by atoms with Crippen LogP contribution in [0.4, 0.5) is 0 Å². The highest BCUT2D eigenvalue weighted by Gasteiger charge is 2.19. The van der Waals surface area contributed by atoms with E-state index in [0.29, 0.717) is 26.0 Å². The second-order valence-corrected chi connectivity index (χ2v) is 16.9. The summed E-state index contributed by atoms with van der Waals surface area (Å²) < 4.78 is 18.0. The summed E-state index contributed by atoms with van der Waals surface area (Å²) >= 11 is 0. The van der Waals surface area contributed by atoms with E-state index in [1.54, 1.807) is 0 Å². The van der Waals surface area contributed by atoms with Gasteiger partial charge in [-0.05, 0) is 49.7 Å². The molecule has 8 heteroatoms. The van der Waals surface area contributed by atoms with Crippen molar-refractivity contribution in [3.8, 4) is 0 Å². The average Bonchev–Trinajstić information content (AvgIpc) is 3.19. The van der Waals surface area contributed by atoms with Crippen LogP contribution in [0.25, 0.3) is 0 Å². The minimum absolute atomic E-state index is 0.00837. The number of hydrogen-bond donors (Lipinski definition) is 1. The molecule has 8 nitrogen and oxygen atoms in total. The van der Waals surface area contributed by atoms with Crippen LogP contribution >= 0.6 is 0 Å². The highest BCUT2D eigenvalue weighted by molar-refractivity contribution is 5.76. The largest absolute Gasteiger partial charge is 0.465 e. The van der Waals surface area contributed by atoms with Gasteiger partial charge in [0.1, 0.15) is 0 Å². The van der Waals surface area contributed by atoms with Gasteiger partial charge in [-0.15, -0.1) is 0 Å². The number of nitrogens with zero attached hydrogens (tertiary/aromatic N) is 1. The SMILES string of the molecule is CCCCCCCCC/C(C)=[N+](\O)CCCCCCC(=O)OCC(C)COC(=O)CCCCCCCOC(=O)C(CCCCCCCC)CCCCCCCC. The fourth-order valence-electron chi connectivity index (χ4n) is 7.12. The summed E-state index contributed by atoms with van der Waals surface area (Å²) in [7, 11) is 0. The Morgan fingerprint density at radius 1 is 0.482 bits per heavy atom. The van der Waals surface area contributed by atoms with E-state index in [1.807, 2.05) is 13.8 Å². The van der Waals surface area contributed by atoms with E-state index in [-0.39, 0.29) is 43.0 Å². The van der Waals surface area contributed by atoms with Gasteiger partial charge in [0.15, 0.2) is 6.54 Å². The third kappa shape index (κ3) is 36.2. The minimum Gasteiger partial charge on any atom is -0.465 e. The summed E-state index contributed by atoms with van der Waals surface area (Å²) in [6.45, 7) is 12.3. The summed E-state index contributed by atoms with van der Waals surface area (Å²) in [5.74, 6) is -0.393. The Balaban J connectivity index is 3.92. The lowest BCUT2D eigenvalue weighted by atomic mass is 9.94. The van der Waals surface area contributed by atoms with Crippen LogP contribution in [0.15, 0.2) is 0 Å². The molecule has 0 aliphatic carbocycles. The van der Waals surface area contributed by atoms with Crippen LogP contribution in [-0.2, 0) is 28.6 Å². The Morgan fingerprint density at radius 3 is 1.32 bits per heavy atom. The van der Waals surface area contributed by atoms with Gasteiger partial charge in [0.2, 0.25) is 5.71 Å². The Labute approximate surface area is 346 Å². The number of rotatable bonds is 42. The monoisotopic (exact) mass is 795 g/mol. The van der Waals surface area contributed by atoms with Crippen LogP contribution in [0, 0.1) is 11.8 Å². The Bertz CT molecular complexity index is 936. The zero-order valence-electron chi connectivity index (χ0n) is 37.7. The van der Waals surface area contributed by atoms with Crippen molar-refractivity contribution < 1.29 is 38.5 Å². The quantitative estimate of drug-likeness (QED) is 0.0125. The zero-order chi connectivity index (χ0) is 41.3. The molecule has 0 saturated heterocycles. The second kappa shape index (κ2) is 41.1. The van der Waals surface area contributed by atoms with Crippen LogP contribution in [0.5, 0.6) is 0 Å². The molecule has 0 aliphatic rings. The molecule has 1 unspecified atom stereocenters. The second-order valence-electron chi connectivity index (χ2n) is 16.9. The van der Waals surface area contributed by atoms with Gasteiger partial charge in [0.25, 0.3) is 0 Å². The number of carbonyl (C=O) groups is 3. The van der Waals surface area contributed by atoms with E-state index in [0.717, 1.165) is 102 Å². The number of hydroxylamine groups is 1. The predicted molar refractivity (Wildman–Crippen MR) is 233 cm³/mol. The highest BCUT2D eigenvalue weighted by atomic mass is 16.5. The molecule has 1 atom stereocenters. The number of hydrogen-bond acceptors (Lipinski definition) is 7. The smallest absolute Gasteiger partial charge is 0.308 e. The molecule has 0 aromatic rings. The van der Waals surface area contributed by atoms with Crippen molar-refractivity contribution >= 4 is 23.6 Å². The van der Waals surface area contributed by atoms with E-state index in [2.05, 4.69) is 20.8 Å². The van der Waals surface area contributed by atoms with Crippen LogP contribution in [-0.4, -0.2) is 59.9 Å². The average molecular weight is 795 g/mol. The molecule has 0 saturated carbocycles. The summed E-state index contributed by atoms with van der Waals surface area (Å²) in [5, 5.41) is 10.3. The molecule has 56 heavy (non-hydrogen) atoms. The van der Waals surface area contributed by atoms with E-state index >= 15 is 0 Å². The van der Waals surface area contributed by atoms with Gasteiger partial charge in [-0.3, -0.25) is 19.6 Å². The number of unbranched alkanes of at least 4 members (excludes halogenated alkanes) is 23. The highest BCUT2D eigenvalue weighted by Crippen LogP contribution is 2.21. The van der Waals surface area contributed by atoms with Crippen LogP contribution in [0.2, 0.25) is 0 Å². The van der Waals surface area contributed by atoms with Crippen molar-refractivity contribution in [1.29, 1.82) is 0 Å². The molecular formula is C48H92NO7+. The van der Waals surface area contributed by atoms with Crippen molar-refractivity contribution in [2.45, 2.75) is 247 Å². The summed E-state index contributed by atoms with van der Waals surface area (Å²) in [6.07, 6.45) is 35.7. The first-order valence-corrected chi connectivity index (χ1v) is 24.0. The van der Waals surface area contributed by atoms with Gasteiger partial charge < -0.3 is 14.2 Å². The normalized spacial score (nSPS) is 12.5. The number of carbonyl (C=O) groups excluding carboxylic acids is 3. The van der Waals surface area contributed by atoms with E-state index < -0.39 is 0 Å². The fraction of sp³-hybridized carbons (Fsp3) is 0.917. The van der Waals surface area contributed by atoms with Gasteiger partial charge in [-0.25, -0.2) is 0 Å². The topological polar surface area (TPSA) is 102 Å². The maximum atomic E-state index is 12.9. The molecular weight excluding hydrogens is 703 g/mol. The van der Waals surface area contributed by atoms with E-state index in [9.17, 15) is 19.6 Å². The number of ether oxygens (including phenoxy) is 3. The molecule has 0 fully saturated rings. The van der Waals surface area contributed by atoms with E-state index in [4.69, 9.17) is 14.2 Å². The minimum atomic E-state index is -0.207. The van der Waals surface area contributed by atoms with Crippen molar-refractivity contribution in [2.24, 2.45) is 11.8 Å². The molecule has 330 valence electrons. The lowest BCUT2D eigenvalue weighted by Gasteiger charge is -2.16. The Hall–Kier alpha value is -2.12. The summed E-state index contributed by atoms with van der Waals surface area (Å²) in [5.41, 5.74) is 1.05. The molecule has 0 bridgehead atoms. The molecule has 0 rings (SSSR count). The van der Waals surface area contributed by atoms with Crippen LogP contribution in [0.1, 0.15) is 247 Å². The molecule has 0 amide bonds. The first kappa shape index (κ1) is 53.9. The van der Waals surface area contributed by atoms with Crippen molar-refractivity contribution in [3.63, 3.8) is 0 Å². The van der Waals surface area contributed by atoms with Gasteiger partial charge in [-0.2, -0.15) is 0 Å². The Morgan fingerprint density at radius 2 is 0.857 bits per heavy atom. The molecule has 0 heterocycles. The third-order valence-corrected chi connectivity index (χ3v) is 11.1. The molecule has 0 radical (unpaired) electrons. The van der Waals surface area contributed by atoms with Gasteiger partial charge in [-0.1, -0.05) is 169 Å². The van der Waals surface area contributed by atoms with E-state index in [1.165, 1.54) is 107 Å².